The predicted octanol–water partition coefficient (Wildman–Crippen LogP) is 1.70. The van der Waals surface area contributed by atoms with Crippen molar-refractivity contribution >= 4 is 0 Å². The van der Waals surface area contributed by atoms with Gasteiger partial charge >= 0.3 is 0 Å². The maximum atomic E-state index is 4.30. The Bertz CT molecular complexity index is 253. The predicted molar refractivity (Wildman–Crippen MR) is 53.4 cm³/mol. The first-order valence-corrected chi connectivity index (χ1v) is 4.61. The summed E-state index contributed by atoms with van der Waals surface area (Å²) in [5.74, 6) is 1.39. The Balaban J connectivity index is 2.86. The van der Waals surface area contributed by atoms with Gasteiger partial charge in [0, 0.05) is 12.4 Å². The molecule has 0 aliphatic heterocycles. The number of hydrogen-bond acceptors (Lipinski definition) is 3. The summed E-state index contributed by atoms with van der Waals surface area (Å²) in [6.07, 6.45) is 3.71. The van der Waals surface area contributed by atoms with Crippen LogP contribution >= 0.6 is 0 Å². The normalized spacial score (nSPS) is 13.3. The summed E-state index contributed by atoms with van der Waals surface area (Å²) >= 11 is 0. The van der Waals surface area contributed by atoms with Crippen LogP contribution in [0.5, 0.6) is 0 Å². The molecule has 1 rings (SSSR count). The van der Waals surface area contributed by atoms with Crippen molar-refractivity contribution < 1.29 is 0 Å². The van der Waals surface area contributed by atoms with Crippen LogP contribution in [-0.4, -0.2) is 17.0 Å². The highest BCUT2D eigenvalue weighted by atomic mass is 15.0. The lowest BCUT2D eigenvalue weighted by Gasteiger charge is -2.18. The number of aromatic nitrogens is 2. The van der Waals surface area contributed by atoms with E-state index >= 15 is 0 Å². The third-order valence-corrected chi connectivity index (χ3v) is 2.06. The molecular formula is C10H17N3. The molecule has 3 nitrogen and oxygen atoms in total. The molecule has 0 fully saturated rings. The van der Waals surface area contributed by atoms with E-state index in [0.29, 0.717) is 5.92 Å². The quantitative estimate of drug-likeness (QED) is 0.767. The Kier molecular flexibility index (Phi) is 3.37. The maximum Gasteiger partial charge on any atom is 0.145 e. The summed E-state index contributed by atoms with van der Waals surface area (Å²) in [5, 5.41) is 3.21. The molecule has 1 atom stereocenters. The van der Waals surface area contributed by atoms with Gasteiger partial charge in [-0.15, -0.1) is 0 Å². The summed E-state index contributed by atoms with van der Waals surface area (Å²) in [5.41, 5.74) is 1.10. The Morgan fingerprint density at radius 1 is 1.23 bits per heavy atom. The number of aryl methyl sites for hydroxylation is 1. The van der Waals surface area contributed by atoms with E-state index in [4.69, 9.17) is 0 Å². The van der Waals surface area contributed by atoms with Gasteiger partial charge in [-0.25, -0.2) is 9.97 Å². The lowest BCUT2D eigenvalue weighted by Crippen LogP contribution is -2.23. The Morgan fingerprint density at radius 3 is 2.15 bits per heavy atom. The minimum atomic E-state index is 0.251. The van der Waals surface area contributed by atoms with Crippen LogP contribution in [-0.2, 0) is 0 Å². The van der Waals surface area contributed by atoms with Gasteiger partial charge in [0.05, 0.1) is 6.04 Å². The number of hydrogen-bond donors (Lipinski definition) is 1. The van der Waals surface area contributed by atoms with Crippen LogP contribution in [0.2, 0.25) is 0 Å². The van der Waals surface area contributed by atoms with Crippen LogP contribution in [0.4, 0.5) is 0 Å². The molecular weight excluding hydrogens is 162 g/mol. The molecule has 1 N–H and O–H groups in total. The molecule has 1 heterocycles. The van der Waals surface area contributed by atoms with Crippen molar-refractivity contribution in [2.45, 2.75) is 26.8 Å². The molecule has 0 bridgehead atoms. The molecule has 0 saturated carbocycles. The van der Waals surface area contributed by atoms with Crippen LogP contribution in [0.25, 0.3) is 0 Å². The summed E-state index contributed by atoms with van der Waals surface area (Å²) in [7, 11) is 1.94. The van der Waals surface area contributed by atoms with Gasteiger partial charge in [0.1, 0.15) is 5.82 Å². The van der Waals surface area contributed by atoms with Crippen molar-refractivity contribution in [2.75, 3.05) is 7.05 Å². The smallest absolute Gasteiger partial charge is 0.145 e. The number of nitrogens with zero attached hydrogens (tertiary/aromatic N) is 2. The molecule has 0 spiro atoms. The fourth-order valence-corrected chi connectivity index (χ4v) is 1.32. The minimum absolute atomic E-state index is 0.251. The zero-order chi connectivity index (χ0) is 9.84. The van der Waals surface area contributed by atoms with E-state index in [1.165, 1.54) is 0 Å². The highest BCUT2D eigenvalue weighted by molar-refractivity contribution is 5.04. The first-order chi connectivity index (χ1) is 6.15. The molecule has 0 aromatic carbocycles. The minimum Gasteiger partial charge on any atom is -0.310 e. The SMILES string of the molecule is CNC(c1ncc(C)cn1)C(C)C. The molecule has 72 valence electrons. The van der Waals surface area contributed by atoms with E-state index in [2.05, 4.69) is 29.1 Å². The van der Waals surface area contributed by atoms with Crippen LogP contribution in [0, 0.1) is 12.8 Å². The summed E-state index contributed by atoms with van der Waals surface area (Å²) in [6, 6.07) is 0.251. The van der Waals surface area contributed by atoms with E-state index in [0.717, 1.165) is 11.4 Å². The first-order valence-electron chi connectivity index (χ1n) is 4.61. The zero-order valence-electron chi connectivity index (χ0n) is 8.70. The molecule has 1 aromatic rings. The van der Waals surface area contributed by atoms with Crippen LogP contribution in [0.3, 0.4) is 0 Å². The zero-order valence-corrected chi connectivity index (χ0v) is 8.70. The topological polar surface area (TPSA) is 37.8 Å². The molecule has 13 heavy (non-hydrogen) atoms. The van der Waals surface area contributed by atoms with Crippen molar-refractivity contribution in [3.8, 4) is 0 Å². The molecule has 1 unspecified atom stereocenters. The monoisotopic (exact) mass is 179 g/mol. The van der Waals surface area contributed by atoms with Gasteiger partial charge in [-0.1, -0.05) is 13.8 Å². The van der Waals surface area contributed by atoms with Gasteiger partial charge in [-0.3, -0.25) is 0 Å². The third-order valence-electron chi connectivity index (χ3n) is 2.06. The molecule has 0 aliphatic carbocycles. The lowest BCUT2D eigenvalue weighted by molar-refractivity contribution is 0.422. The third kappa shape index (κ3) is 2.49. The van der Waals surface area contributed by atoms with E-state index in [9.17, 15) is 0 Å². The molecule has 1 aromatic heterocycles. The van der Waals surface area contributed by atoms with Crippen molar-refractivity contribution in [3.63, 3.8) is 0 Å². The second-order valence-corrected chi connectivity index (χ2v) is 3.63. The Morgan fingerprint density at radius 2 is 1.77 bits per heavy atom. The second kappa shape index (κ2) is 4.33. The van der Waals surface area contributed by atoms with E-state index in [1.54, 1.807) is 0 Å². The standard InChI is InChI=1S/C10H17N3/c1-7(2)9(11-4)10-12-5-8(3)6-13-10/h5-7,9,11H,1-4H3. The van der Waals surface area contributed by atoms with Gasteiger partial charge in [0.2, 0.25) is 0 Å². The first kappa shape index (κ1) is 10.1. The van der Waals surface area contributed by atoms with Gasteiger partial charge < -0.3 is 5.32 Å². The van der Waals surface area contributed by atoms with Gasteiger partial charge in [0.25, 0.3) is 0 Å². The summed E-state index contributed by atoms with van der Waals surface area (Å²) in [6.45, 7) is 6.31. The Hall–Kier alpha value is -0.960. The van der Waals surface area contributed by atoms with Crippen molar-refractivity contribution in [2.24, 2.45) is 5.92 Å². The maximum absolute atomic E-state index is 4.30. The van der Waals surface area contributed by atoms with Crippen molar-refractivity contribution in [3.05, 3.63) is 23.8 Å². The van der Waals surface area contributed by atoms with Gasteiger partial charge in [-0.05, 0) is 25.5 Å². The van der Waals surface area contributed by atoms with Crippen LogP contribution in [0.15, 0.2) is 12.4 Å². The van der Waals surface area contributed by atoms with E-state index < -0.39 is 0 Å². The van der Waals surface area contributed by atoms with Crippen molar-refractivity contribution in [1.82, 2.24) is 15.3 Å². The van der Waals surface area contributed by atoms with Gasteiger partial charge in [-0.2, -0.15) is 0 Å². The average molecular weight is 179 g/mol. The van der Waals surface area contributed by atoms with Crippen LogP contribution in [0.1, 0.15) is 31.3 Å². The van der Waals surface area contributed by atoms with Gasteiger partial charge in [0.15, 0.2) is 0 Å². The molecule has 0 amide bonds. The highest BCUT2D eigenvalue weighted by Gasteiger charge is 2.15. The number of nitrogens with one attached hydrogen (secondary N) is 1. The fourth-order valence-electron chi connectivity index (χ4n) is 1.32. The van der Waals surface area contributed by atoms with Crippen LogP contribution < -0.4 is 5.32 Å². The Labute approximate surface area is 79.6 Å². The van der Waals surface area contributed by atoms with E-state index in [1.807, 2.05) is 26.4 Å². The molecule has 0 aliphatic rings. The largest absolute Gasteiger partial charge is 0.310 e. The lowest BCUT2D eigenvalue weighted by atomic mass is 10.0. The second-order valence-electron chi connectivity index (χ2n) is 3.63. The summed E-state index contributed by atoms with van der Waals surface area (Å²) in [4.78, 5) is 8.59. The van der Waals surface area contributed by atoms with E-state index in [-0.39, 0.29) is 6.04 Å². The fraction of sp³-hybridized carbons (Fsp3) is 0.600. The summed E-state index contributed by atoms with van der Waals surface area (Å²) < 4.78 is 0. The molecule has 3 heteroatoms. The average Bonchev–Trinajstić information content (AvgIpc) is 2.09. The number of rotatable bonds is 3. The molecule has 0 radical (unpaired) electrons. The molecule has 0 saturated heterocycles. The van der Waals surface area contributed by atoms with Crippen molar-refractivity contribution in [1.29, 1.82) is 0 Å². The highest BCUT2D eigenvalue weighted by Crippen LogP contribution is 2.16.